The summed E-state index contributed by atoms with van der Waals surface area (Å²) in [7, 11) is 0. The van der Waals surface area contributed by atoms with Gasteiger partial charge in [-0.25, -0.2) is 0 Å². The molecule has 1 amide bonds. The van der Waals surface area contributed by atoms with Gasteiger partial charge in [-0.2, -0.15) is 0 Å². The zero-order valence-electron chi connectivity index (χ0n) is 15.7. The van der Waals surface area contributed by atoms with E-state index in [-0.39, 0.29) is 23.2 Å². The normalized spacial score (nSPS) is 11.7. The zero-order chi connectivity index (χ0) is 20.0. The summed E-state index contributed by atoms with van der Waals surface area (Å²) in [6, 6.07) is 6.96. The van der Waals surface area contributed by atoms with E-state index in [0.717, 1.165) is 22.9 Å². The highest BCUT2D eigenvalue weighted by atomic mass is 32.2. The molecule has 0 aliphatic rings. The summed E-state index contributed by atoms with van der Waals surface area (Å²) in [5.41, 5.74) is 2.60. The molecule has 1 heterocycles. The lowest BCUT2D eigenvalue weighted by molar-refractivity contribution is -0.143. The number of amides is 1. The molecule has 27 heavy (non-hydrogen) atoms. The molecule has 1 aromatic heterocycles. The molecule has 0 radical (unpaired) electrons. The number of ether oxygens (including phenoxy) is 1. The number of hydrogen-bond donors (Lipinski definition) is 1. The van der Waals surface area contributed by atoms with Crippen LogP contribution in [0.1, 0.15) is 34.2 Å². The highest BCUT2D eigenvalue weighted by Gasteiger charge is 2.20. The Kier molecular flexibility index (Phi) is 7.18. The fraction of sp³-hybridized carbons (Fsp3) is 0.368. The summed E-state index contributed by atoms with van der Waals surface area (Å²) in [5.74, 6) is -0.168. The number of nitrogens with one attached hydrogen (secondary N) is 1. The van der Waals surface area contributed by atoms with E-state index >= 15 is 0 Å². The number of rotatable bonds is 8. The molecule has 7 nitrogen and oxygen atoms in total. The van der Waals surface area contributed by atoms with Crippen LogP contribution >= 0.6 is 11.8 Å². The molecule has 2 aromatic rings. The fourth-order valence-electron chi connectivity index (χ4n) is 2.25. The Hall–Kier alpha value is -2.61. The number of thioether (sulfide) groups is 1. The van der Waals surface area contributed by atoms with Gasteiger partial charge in [0, 0.05) is 11.6 Å². The number of hydrogen-bond acceptors (Lipinski definition) is 7. The van der Waals surface area contributed by atoms with E-state index in [4.69, 9.17) is 9.26 Å². The second kappa shape index (κ2) is 9.36. The van der Waals surface area contributed by atoms with Gasteiger partial charge in [0.2, 0.25) is 11.7 Å². The van der Waals surface area contributed by atoms with Crippen LogP contribution in [0.3, 0.4) is 0 Å². The number of carbonyl (C=O) groups excluding carboxylic acids is 3. The first kappa shape index (κ1) is 20.7. The smallest absolute Gasteiger partial charge is 0.316 e. The summed E-state index contributed by atoms with van der Waals surface area (Å²) < 4.78 is 10.0. The van der Waals surface area contributed by atoms with Crippen LogP contribution in [0.2, 0.25) is 0 Å². The van der Waals surface area contributed by atoms with Gasteiger partial charge in [0.15, 0.2) is 11.9 Å². The van der Waals surface area contributed by atoms with Crippen LogP contribution < -0.4 is 5.32 Å². The first-order valence-electron chi connectivity index (χ1n) is 8.38. The highest BCUT2D eigenvalue weighted by molar-refractivity contribution is 8.00. The van der Waals surface area contributed by atoms with Crippen molar-refractivity contribution in [2.75, 3.05) is 16.8 Å². The monoisotopic (exact) mass is 390 g/mol. The number of nitrogens with zero attached hydrogens (tertiary/aromatic N) is 1. The number of aromatic nitrogens is 1. The van der Waals surface area contributed by atoms with Crippen molar-refractivity contribution in [3.63, 3.8) is 0 Å². The molecule has 144 valence electrons. The first-order chi connectivity index (χ1) is 12.8. The molecule has 0 aliphatic heterocycles. The number of carbonyl (C=O) groups is 3. The quantitative estimate of drug-likeness (QED) is 0.546. The molecular weight excluding hydrogens is 368 g/mol. The minimum Gasteiger partial charge on any atom is -0.454 e. The first-order valence-corrected chi connectivity index (χ1v) is 9.53. The molecule has 0 saturated carbocycles. The predicted molar refractivity (Wildman–Crippen MR) is 103 cm³/mol. The van der Waals surface area contributed by atoms with E-state index in [2.05, 4.69) is 10.5 Å². The van der Waals surface area contributed by atoms with Crippen molar-refractivity contribution in [2.24, 2.45) is 0 Å². The number of ketones is 1. The van der Waals surface area contributed by atoms with Gasteiger partial charge < -0.3 is 14.6 Å². The molecule has 1 N–H and O–H groups in total. The van der Waals surface area contributed by atoms with Crippen LogP contribution in [0.15, 0.2) is 28.8 Å². The van der Waals surface area contributed by atoms with E-state index in [9.17, 15) is 14.4 Å². The Morgan fingerprint density at radius 2 is 1.89 bits per heavy atom. The Balaban J connectivity index is 1.75. The number of Topliss-reactive ketones (excluding diaryl/α,β-unsaturated/α-hetero) is 1. The van der Waals surface area contributed by atoms with Gasteiger partial charge in [-0.1, -0.05) is 17.3 Å². The van der Waals surface area contributed by atoms with E-state index in [1.165, 1.54) is 0 Å². The summed E-state index contributed by atoms with van der Waals surface area (Å²) in [4.78, 5) is 36.0. The van der Waals surface area contributed by atoms with Crippen molar-refractivity contribution in [2.45, 2.75) is 33.8 Å². The zero-order valence-corrected chi connectivity index (χ0v) is 16.5. The fourth-order valence-corrected chi connectivity index (χ4v) is 2.84. The Morgan fingerprint density at radius 3 is 2.52 bits per heavy atom. The maximum absolute atomic E-state index is 12.4. The van der Waals surface area contributed by atoms with Gasteiger partial charge in [0.1, 0.15) is 5.76 Å². The van der Waals surface area contributed by atoms with Crippen LogP contribution in [0.4, 0.5) is 5.82 Å². The number of esters is 1. The van der Waals surface area contributed by atoms with Gasteiger partial charge in [-0.05, 0) is 44.9 Å². The molecule has 0 spiro atoms. The lowest BCUT2D eigenvalue weighted by atomic mass is 10.0. The van der Waals surface area contributed by atoms with Gasteiger partial charge in [0.05, 0.1) is 11.5 Å². The number of benzene rings is 1. The lowest BCUT2D eigenvalue weighted by Crippen LogP contribution is -2.26. The van der Waals surface area contributed by atoms with Crippen molar-refractivity contribution in [3.05, 3.63) is 46.7 Å². The van der Waals surface area contributed by atoms with Crippen molar-refractivity contribution < 1.29 is 23.6 Å². The highest BCUT2D eigenvalue weighted by Crippen LogP contribution is 2.14. The average molecular weight is 390 g/mol. The molecule has 0 unspecified atom stereocenters. The van der Waals surface area contributed by atoms with Gasteiger partial charge in [0.25, 0.3) is 0 Å². The Labute approximate surface area is 161 Å². The summed E-state index contributed by atoms with van der Waals surface area (Å²) >= 11 is 1.09. The average Bonchev–Trinajstić information content (AvgIpc) is 3.01. The lowest BCUT2D eigenvalue weighted by Gasteiger charge is -2.13. The van der Waals surface area contributed by atoms with E-state index in [0.29, 0.717) is 17.1 Å². The molecular formula is C19H22N2O5S. The Morgan fingerprint density at radius 1 is 1.15 bits per heavy atom. The van der Waals surface area contributed by atoms with Gasteiger partial charge in [-0.15, -0.1) is 11.8 Å². The minimum absolute atomic E-state index is 0.0319. The third-order valence-electron chi connectivity index (χ3n) is 3.82. The minimum atomic E-state index is -0.882. The van der Waals surface area contributed by atoms with Gasteiger partial charge in [-0.3, -0.25) is 14.4 Å². The van der Waals surface area contributed by atoms with Crippen molar-refractivity contribution in [3.8, 4) is 0 Å². The second-order valence-electron chi connectivity index (χ2n) is 6.16. The second-order valence-corrected chi connectivity index (χ2v) is 7.14. The number of anilines is 1. The molecule has 8 heteroatoms. The van der Waals surface area contributed by atoms with E-state index < -0.39 is 12.1 Å². The molecule has 1 atom stereocenters. The third-order valence-corrected chi connectivity index (χ3v) is 4.72. The SMILES string of the molecule is Cc1cc(NC(=O)CSCC(=O)O[C@H](C)C(=O)c2ccc(C)c(C)c2)no1. The standard InChI is InChI=1S/C19H22N2O5S/c1-11-5-6-15(7-12(11)2)19(24)14(4)25-18(23)10-27-9-17(22)20-16-8-13(3)26-21-16/h5-8,14H,9-10H2,1-4H3,(H,20,21,22)/t14-/m1/s1. The number of aryl methyl sites for hydroxylation is 3. The topological polar surface area (TPSA) is 98.5 Å². The molecule has 2 rings (SSSR count). The molecule has 0 bridgehead atoms. The largest absolute Gasteiger partial charge is 0.454 e. The maximum atomic E-state index is 12.4. The van der Waals surface area contributed by atoms with Crippen molar-refractivity contribution in [1.82, 2.24) is 5.16 Å². The van der Waals surface area contributed by atoms with Gasteiger partial charge >= 0.3 is 5.97 Å². The summed E-state index contributed by atoms with van der Waals surface area (Å²) in [5, 5.41) is 6.21. The van der Waals surface area contributed by atoms with Crippen LogP contribution in [-0.2, 0) is 14.3 Å². The third kappa shape index (κ3) is 6.25. The van der Waals surface area contributed by atoms with Crippen LogP contribution in [0.25, 0.3) is 0 Å². The molecule has 1 aromatic carbocycles. The predicted octanol–water partition coefficient (Wildman–Crippen LogP) is 3.09. The molecule has 0 aliphatic carbocycles. The molecule has 0 saturated heterocycles. The van der Waals surface area contributed by atoms with Crippen molar-refractivity contribution in [1.29, 1.82) is 0 Å². The van der Waals surface area contributed by atoms with Crippen LogP contribution in [0, 0.1) is 20.8 Å². The van der Waals surface area contributed by atoms with E-state index in [1.807, 2.05) is 19.9 Å². The van der Waals surface area contributed by atoms with E-state index in [1.54, 1.807) is 32.0 Å². The van der Waals surface area contributed by atoms with Crippen LogP contribution in [0.5, 0.6) is 0 Å². The van der Waals surface area contributed by atoms with Crippen LogP contribution in [-0.4, -0.2) is 40.4 Å². The molecule has 0 fully saturated rings. The van der Waals surface area contributed by atoms with Crippen molar-refractivity contribution >= 4 is 35.2 Å². The maximum Gasteiger partial charge on any atom is 0.316 e. The summed E-state index contributed by atoms with van der Waals surface area (Å²) in [6.07, 6.45) is -0.882. The summed E-state index contributed by atoms with van der Waals surface area (Å²) in [6.45, 7) is 7.14. The Bertz CT molecular complexity index is 846.